The first-order valence-electron chi connectivity index (χ1n) is 7.57. The molecule has 1 aromatic carbocycles. The van der Waals surface area contributed by atoms with Crippen LogP contribution in [0.1, 0.15) is 56.6 Å². The van der Waals surface area contributed by atoms with Crippen molar-refractivity contribution in [2.24, 2.45) is 0 Å². The topological polar surface area (TPSA) is 3.24 Å². The summed E-state index contributed by atoms with van der Waals surface area (Å²) in [6.07, 6.45) is 6.79. The number of nitrogens with zero attached hydrogens (tertiary/aromatic N) is 1. The van der Waals surface area contributed by atoms with Crippen LogP contribution < -0.4 is 0 Å². The quantitative estimate of drug-likeness (QED) is 0.750. The van der Waals surface area contributed by atoms with E-state index in [1.807, 2.05) is 0 Å². The number of benzene rings is 1. The van der Waals surface area contributed by atoms with Crippen LogP contribution in [0, 0.1) is 0 Å². The minimum Gasteiger partial charge on any atom is -0.303 e. The molecular formula is C17H27N. The fourth-order valence-corrected chi connectivity index (χ4v) is 2.76. The van der Waals surface area contributed by atoms with Gasteiger partial charge in [0.25, 0.3) is 0 Å². The van der Waals surface area contributed by atoms with Crippen molar-refractivity contribution < 1.29 is 0 Å². The molecule has 1 nitrogen and oxygen atoms in total. The molecule has 1 saturated heterocycles. The van der Waals surface area contributed by atoms with E-state index in [0.717, 1.165) is 0 Å². The van der Waals surface area contributed by atoms with Crippen LogP contribution in [-0.2, 0) is 6.42 Å². The molecule has 1 aromatic rings. The molecule has 0 atom stereocenters. The van der Waals surface area contributed by atoms with Crippen LogP contribution in [0.3, 0.4) is 0 Å². The third-order valence-corrected chi connectivity index (χ3v) is 4.03. The third kappa shape index (κ3) is 4.13. The fourth-order valence-electron chi connectivity index (χ4n) is 2.76. The standard InChI is InChI=1S/C17H27N/c1-15(2)17-10-8-16(9-11-17)7-6-14-18-12-4-3-5-13-18/h8-11,15H,3-7,12-14H2,1-2H3. The Morgan fingerprint density at radius 3 is 2.28 bits per heavy atom. The summed E-state index contributed by atoms with van der Waals surface area (Å²) < 4.78 is 0. The van der Waals surface area contributed by atoms with Crippen LogP contribution in [0.4, 0.5) is 0 Å². The lowest BCUT2D eigenvalue weighted by Crippen LogP contribution is -2.30. The van der Waals surface area contributed by atoms with Gasteiger partial charge in [-0.2, -0.15) is 0 Å². The Morgan fingerprint density at radius 1 is 1.00 bits per heavy atom. The molecule has 0 spiro atoms. The van der Waals surface area contributed by atoms with Gasteiger partial charge in [0.1, 0.15) is 0 Å². The Hall–Kier alpha value is -0.820. The molecule has 0 aliphatic carbocycles. The van der Waals surface area contributed by atoms with Crippen molar-refractivity contribution in [3.05, 3.63) is 35.4 Å². The highest BCUT2D eigenvalue weighted by molar-refractivity contribution is 5.24. The molecule has 1 aliphatic rings. The monoisotopic (exact) mass is 245 g/mol. The zero-order chi connectivity index (χ0) is 12.8. The molecule has 0 aromatic heterocycles. The first-order chi connectivity index (χ1) is 8.75. The first-order valence-corrected chi connectivity index (χ1v) is 7.57. The van der Waals surface area contributed by atoms with Gasteiger partial charge in [-0.25, -0.2) is 0 Å². The van der Waals surface area contributed by atoms with Gasteiger partial charge in [0, 0.05) is 0 Å². The summed E-state index contributed by atoms with van der Waals surface area (Å²) in [5, 5.41) is 0. The SMILES string of the molecule is CC(C)c1ccc(CCCN2CCCCC2)cc1. The normalized spacial score (nSPS) is 17.3. The van der Waals surface area contributed by atoms with Gasteiger partial charge in [0.2, 0.25) is 0 Å². The second kappa shape index (κ2) is 6.94. The van der Waals surface area contributed by atoms with Crippen LogP contribution in [-0.4, -0.2) is 24.5 Å². The summed E-state index contributed by atoms with van der Waals surface area (Å²) in [7, 11) is 0. The van der Waals surface area contributed by atoms with Gasteiger partial charge >= 0.3 is 0 Å². The molecule has 1 heterocycles. The van der Waals surface area contributed by atoms with Crippen molar-refractivity contribution >= 4 is 0 Å². The van der Waals surface area contributed by atoms with Crippen molar-refractivity contribution in [3.63, 3.8) is 0 Å². The molecule has 0 bridgehead atoms. The van der Waals surface area contributed by atoms with Crippen molar-refractivity contribution in [2.45, 2.75) is 51.9 Å². The zero-order valence-corrected chi connectivity index (χ0v) is 12.0. The van der Waals surface area contributed by atoms with Gasteiger partial charge in [0.15, 0.2) is 0 Å². The summed E-state index contributed by atoms with van der Waals surface area (Å²) in [6.45, 7) is 8.45. The molecule has 0 amide bonds. The van der Waals surface area contributed by atoms with Crippen molar-refractivity contribution in [1.29, 1.82) is 0 Å². The second-order valence-electron chi connectivity index (χ2n) is 5.90. The van der Waals surface area contributed by atoms with Gasteiger partial charge in [-0.05, 0) is 62.4 Å². The van der Waals surface area contributed by atoms with Crippen LogP contribution >= 0.6 is 0 Å². The second-order valence-corrected chi connectivity index (χ2v) is 5.90. The number of hydrogen-bond acceptors (Lipinski definition) is 1. The Balaban J connectivity index is 1.72. The minimum atomic E-state index is 0.646. The smallest absolute Gasteiger partial charge is 0.00156 e. The summed E-state index contributed by atoms with van der Waals surface area (Å²) >= 11 is 0. The number of piperidine rings is 1. The average molecular weight is 245 g/mol. The highest BCUT2D eigenvalue weighted by Crippen LogP contribution is 2.16. The summed E-state index contributed by atoms with van der Waals surface area (Å²) in [5.74, 6) is 0.646. The molecule has 1 heteroatoms. The van der Waals surface area contributed by atoms with Crippen LogP contribution in [0.5, 0.6) is 0 Å². The summed E-state index contributed by atoms with van der Waals surface area (Å²) in [5.41, 5.74) is 2.95. The van der Waals surface area contributed by atoms with Gasteiger partial charge in [-0.1, -0.05) is 44.5 Å². The number of likely N-dealkylation sites (tertiary alicyclic amines) is 1. The predicted octanol–water partition coefficient (Wildman–Crippen LogP) is 4.23. The van der Waals surface area contributed by atoms with Gasteiger partial charge in [-0.3, -0.25) is 0 Å². The first kappa shape index (κ1) is 13.6. The van der Waals surface area contributed by atoms with Crippen LogP contribution in [0.2, 0.25) is 0 Å². The molecule has 0 N–H and O–H groups in total. The van der Waals surface area contributed by atoms with Gasteiger partial charge < -0.3 is 4.90 Å². The highest BCUT2D eigenvalue weighted by Gasteiger charge is 2.09. The molecule has 100 valence electrons. The maximum Gasteiger partial charge on any atom is -0.00156 e. The van der Waals surface area contributed by atoms with Crippen molar-refractivity contribution in [3.8, 4) is 0 Å². The Kier molecular flexibility index (Phi) is 5.25. The summed E-state index contributed by atoms with van der Waals surface area (Å²) in [4.78, 5) is 2.63. The summed E-state index contributed by atoms with van der Waals surface area (Å²) in [6, 6.07) is 9.21. The Labute approximate surface area is 112 Å². The van der Waals surface area contributed by atoms with Gasteiger partial charge in [0.05, 0.1) is 0 Å². The van der Waals surface area contributed by atoms with E-state index in [0.29, 0.717) is 5.92 Å². The Morgan fingerprint density at radius 2 is 1.67 bits per heavy atom. The Bertz CT molecular complexity index is 333. The average Bonchev–Trinajstić information content (AvgIpc) is 2.40. The van der Waals surface area contributed by atoms with E-state index < -0.39 is 0 Å². The lowest BCUT2D eigenvalue weighted by Gasteiger charge is -2.26. The van der Waals surface area contributed by atoms with E-state index in [9.17, 15) is 0 Å². The minimum absolute atomic E-state index is 0.646. The lowest BCUT2D eigenvalue weighted by molar-refractivity contribution is 0.226. The fraction of sp³-hybridized carbons (Fsp3) is 0.647. The van der Waals surface area contributed by atoms with Crippen LogP contribution in [0.15, 0.2) is 24.3 Å². The van der Waals surface area contributed by atoms with E-state index in [1.54, 1.807) is 0 Å². The lowest BCUT2D eigenvalue weighted by atomic mass is 10.00. The van der Waals surface area contributed by atoms with Crippen LogP contribution in [0.25, 0.3) is 0 Å². The maximum atomic E-state index is 2.63. The molecule has 18 heavy (non-hydrogen) atoms. The number of hydrogen-bond donors (Lipinski definition) is 0. The van der Waals surface area contributed by atoms with E-state index in [-0.39, 0.29) is 0 Å². The molecule has 0 unspecified atom stereocenters. The highest BCUT2D eigenvalue weighted by atomic mass is 15.1. The molecule has 1 aliphatic heterocycles. The van der Waals surface area contributed by atoms with E-state index >= 15 is 0 Å². The molecular weight excluding hydrogens is 218 g/mol. The predicted molar refractivity (Wildman–Crippen MR) is 79.1 cm³/mol. The van der Waals surface area contributed by atoms with E-state index in [4.69, 9.17) is 0 Å². The largest absolute Gasteiger partial charge is 0.303 e. The molecule has 0 radical (unpaired) electrons. The van der Waals surface area contributed by atoms with E-state index in [1.165, 1.54) is 62.9 Å². The number of rotatable bonds is 5. The third-order valence-electron chi connectivity index (χ3n) is 4.03. The van der Waals surface area contributed by atoms with E-state index in [2.05, 4.69) is 43.0 Å². The molecule has 0 saturated carbocycles. The molecule has 2 rings (SSSR count). The van der Waals surface area contributed by atoms with Crippen molar-refractivity contribution in [2.75, 3.05) is 19.6 Å². The number of aryl methyl sites for hydroxylation is 1. The van der Waals surface area contributed by atoms with Gasteiger partial charge in [-0.15, -0.1) is 0 Å². The van der Waals surface area contributed by atoms with Crippen molar-refractivity contribution in [1.82, 2.24) is 4.90 Å². The maximum absolute atomic E-state index is 2.63. The zero-order valence-electron chi connectivity index (χ0n) is 12.0. The molecule has 1 fully saturated rings.